The summed E-state index contributed by atoms with van der Waals surface area (Å²) in [7, 11) is 7.87. The third kappa shape index (κ3) is 4.65. The molecule has 0 bridgehead atoms. The minimum Gasteiger partial charge on any atom is -0.369 e. The van der Waals surface area contributed by atoms with E-state index in [4.69, 9.17) is 11.6 Å². The fraction of sp³-hybridized carbons (Fsp3) is 0.714. The highest BCUT2D eigenvalue weighted by Gasteiger charge is 1.92. The third-order valence-electron chi connectivity index (χ3n) is 1.05. The highest BCUT2D eigenvalue weighted by molar-refractivity contribution is 6.29. The first-order valence-corrected chi connectivity index (χ1v) is 3.59. The first-order valence-electron chi connectivity index (χ1n) is 3.21. The molecule has 0 saturated heterocycles. The summed E-state index contributed by atoms with van der Waals surface area (Å²) in [5.41, 5.74) is 0. The lowest BCUT2D eigenvalue weighted by Crippen LogP contribution is -2.13. The molecule has 0 N–H and O–H groups in total. The van der Waals surface area contributed by atoms with Gasteiger partial charge in [-0.25, -0.2) is 0 Å². The molecule has 0 aliphatic carbocycles. The Bertz CT molecular complexity index is 119. The van der Waals surface area contributed by atoms with Gasteiger partial charge in [0.1, 0.15) is 5.16 Å². The van der Waals surface area contributed by atoms with Gasteiger partial charge < -0.3 is 9.80 Å². The fourth-order valence-corrected chi connectivity index (χ4v) is 0.509. The molecule has 10 heavy (non-hydrogen) atoms. The van der Waals surface area contributed by atoms with Crippen LogP contribution in [-0.2, 0) is 0 Å². The number of nitrogens with zero attached hydrogens (tertiary/aromatic N) is 2. The van der Waals surface area contributed by atoms with E-state index >= 15 is 0 Å². The van der Waals surface area contributed by atoms with Crippen molar-refractivity contribution in [2.45, 2.75) is 0 Å². The van der Waals surface area contributed by atoms with Gasteiger partial charge in [0.25, 0.3) is 0 Å². The monoisotopic (exact) mass is 162 g/mol. The second-order valence-corrected chi connectivity index (χ2v) is 3.07. The summed E-state index contributed by atoms with van der Waals surface area (Å²) in [4.78, 5) is 3.94. The van der Waals surface area contributed by atoms with Crippen molar-refractivity contribution in [1.29, 1.82) is 0 Å². The lowest BCUT2D eigenvalue weighted by Gasteiger charge is -2.11. The van der Waals surface area contributed by atoms with Gasteiger partial charge in [0.2, 0.25) is 0 Å². The molecule has 0 spiro atoms. The number of rotatable bonds is 3. The average Bonchev–Trinajstić information content (AvgIpc) is 1.82. The average molecular weight is 163 g/mol. The van der Waals surface area contributed by atoms with Crippen LogP contribution in [0, 0.1) is 0 Å². The third-order valence-corrected chi connectivity index (χ3v) is 1.54. The Labute approximate surface area is 68.1 Å². The van der Waals surface area contributed by atoms with E-state index < -0.39 is 0 Å². The van der Waals surface area contributed by atoms with Crippen LogP contribution in [0.1, 0.15) is 0 Å². The van der Waals surface area contributed by atoms with Crippen LogP contribution in [0.4, 0.5) is 0 Å². The normalized spacial score (nSPS) is 12.4. The molecule has 0 atom stereocenters. The smallest absolute Gasteiger partial charge is 0.101 e. The molecule has 0 aromatic heterocycles. The van der Waals surface area contributed by atoms with Gasteiger partial charge >= 0.3 is 0 Å². The largest absolute Gasteiger partial charge is 0.369 e. The molecule has 0 aliphatic heterocycles. The maximum atomic E-state index is 5.82. The van der Waals surface area contributed by atoms with Gasteiger partial charge in [-0.1, -0.05) is 11.6 Å². The number of likely N-dealkylation sites (N-methyl/N-ethyl adjacent to an activating group) is 1. The zero-order valence-electron chi connectivity index (χ0n) is 7.06. The topological polar surface area (TPSA) is 6.48 Å². The van der Waals surface area contributed by atoms with Crippen molar-refractivity contribution in [2.24, 2.45) is 0 Å². The van der Waals surface area contributed by atoms with Gasteiger partial charge in [-0.15, -0.1) is 0 Å². The van der Waals surface area contributed by atoms with Crippen molar-refractivity contribution in [3.8, 4) is 0 Å². The fourth-order valence-electron chi connectivity index (χ4n) is 0.440. The predicted octanol–water partition coefficient (Wildman–Crippen LogP) is 1.19. The Morgan fingerprint density at radius 2 is 1.80 bits per heavy atom. The van der Waals surface area contributed by atoms with Crippen LogP contribution in [0.5, 0.6) is 0 Å². The SMILES string of the molecule is CN(C)C/C=C(/Cl)N(C)C. The first kappa shape index (κ1) is 9.79. The van der Waals surface area contributed by atoms with Crippen LogP contribution in [0.3, 0.4) is 0 Å². The Kier molecular flexibility index (Phi) is 4.49. The maximum absolute atomic E-state index is 5.82. The van der Waals surface area contributed by atoms with Gasteiger partial charge in [-0.3, -0.25) is 0 Å². The van der Waals surface area contributed by atoms with Gasteiger partial charge in [0.15, 0.2) is 0 Å². The van der Waals surface area contributed by atoms with Crippen LogP contribution in [0.15, 0.2) is 11.2 Å². The van der Waals surface area contributed by atoms with Crippen LogP contribution in [0.25, 0.3) is 0 Å². The van der Waals surface area contributed by atoms with Gasteiger partial charge in [0.05, 0.1) is 0 Å². The highest BCUT2D eigenvalue weighted by atomic mass is 35.5. The van der Waals surface area contributed by atoms with Crippen molar-refractivity contribution >= 4 is 11.6 Å². The molecule has 0 amide bonds. The summed E-state index contributed by atoms with van der Waals surface area (Å²) >= 11 is 5.82. The molecule has 0 radical (unpaired) electrons. The Morgan fingerprint density at radius 1 is 1.30 bits per heavy atom. The van der Waals surface area contributed by atoms with Crippen molar-refractivity contribution in [2.75, 3.05) is 34.7 Å². The minimum atomic E-state index is 0.786. The molecule has 0 saturated carbocycles. The van der Waals surface area contributed by atoms with E-state index in [0.29, 0.717) is 0 Å². The summed E-state index contributed by atoms with van der Waals surface area (Å²) in [5, 5.41) is 0.786. The van der Waals surface area contributed by atoms with Gasteiger partial charge in [-0.05, 0) is 20.2 Å². The minimum absolute atomic E-state index is 0.786. The van der Waals surface area contributed by atoms with Crippen LogP contribution in [0.2, 0.25) is 0 Å². The van der Waals surface area contributed by atoms with Crippen LogP contribution < -0.4 is 0 Å². The molecule has 0 unspecified atom stereocenters. The number of hydrogen-bond donors (Lipinski definition) is 0. The van der Waals surface area contributed by atoms with Gasteiger partial charge in [-0.2, -0.15) is 0 Å². The lowest BCUT2D eigenvalue weighted by molar-refractivity contribution is 0.449. The summed E-state index contributed by atoms with van der Waals surface area (Å²) in [5.74, 6) is 0. The molecule has 0 aromatic carbocycles. The summed E-state index contributed by atoms with van der Waals surface area (Å²) in [6.45, 7) is 0.886. The van der Waals surface area contributed by atoms with E-state index in [-0.39, 0.29) is 0 Å². The van der Waals surface area contributed by atoms with E-state index in [1.54, 1.807) is 0 Å². The van der Waals surface area contributed by atoms with Crippen molar-refractivity contribution in [3.05, 3.63) is 11.2 Å². The maximum Gasteiger partial charge on any atom is 0.101 e. The zero-order chi connectivity index (χ0) is 8.15. The van der Waals surface area contributed by atoms with Gasteiger partial charge in [0, 0.05) is 20.6 Å². The summed E-state index contributed by atoms with van der Waals surface area (Å²) in [6.07, 6.45) is 1.97. The first-order chi connectivity index (χ1) is 4.54. The molecule has 0 aromatic rings. The quantitative estimate of drug-likeness (QED) is 0.576. The standard InChI is InChI=1S/C7H15ClN2/c1-9(2)6-5-7(8)10(3)4/h5H,6H2,1-4H3/b7-5-. The van der Waals surface area contributed by atoms with E-state index in [1.807, 2.05) is 39.2 Å². The Morgan fingerprint density at radius 3 is 2.10 bits per heavy atom. The molecular weight excluding hydrogens is 148 g/mol. The molecule has 60 valence electrons. The zero-order valence-corrected chi connectivity index (χ0v) is 7.81. The highest BCUT2D eigenvalue weighted by Crippen LogP contribution is 2.02. The summed E-state index contributed by atoms with van der Waals surface area (Å²) < 4.78 is 0. The number of halogens is 1. The molecule has 0 rings (SSSR count). The summed E-state index contributed by atoms with van der Waals surface area (Å²) in [6, 6.07) is 0. The van der Waals surface area contributed by atoms with Crippen LogP contribution in [-0.4, -0.2) is 44.5 Å². The Hall–Kier alpha value is -0.210. The molecule has 3 heteroatoms. The Balaban J connectivity index is 3.69. The predicted molar refractivity (Wildman–Crippen MR) is 46.2 cm³/mol. The van der Waals surface area contributed by atoms with Crippen molar-refractivity contribution in [3.63, 3.8) is 0 Å². The van der Waals surface area contributed by atoms with Crippen LogP contribution >= 0.6 is 11.6 Å². The van der Waals surface area contributed by atoms with E-state index in [2.05, 4.69) is 4.90 Å². The second-order valence-electron chi connectivity index (χ2n) is 2.68. The van der Waals surface area contributed by atoms with E-state index in [0.717, 1.165) is 11.7 Å². The molecular formula is C7H15ClN2. The molecule has 0 aliphatic rings. The van der Waals surface area contributed by atoms with E-state index in [1.165, 1.54) is 0 Å². The molecule has 2 nitrogen and oxygen atoms in total. The van der Waals surface area contributed by atoms with E-state index in [9.17, 15) is 0 Å². The molecule has 0 fully saturated rings. The lowest BCUT2D eigenvalue weighted by atomic mass is 10.5. The molecule has 0 heterocycles. The second kappa shape index (κ2) is 4.58. The van der Waals surface area contributed by atoms with Crippen molar-refractivity contribution < 1.29 is 0 Å². The van der Waals surface area contributed by atoms with Crippen molar-refractivity contribution in [1.82, 2.24) is 9.80 Å². The number of hydrogen-bond acceptors (Lipinski definition) is 2.